The van der Waals surface area contributed by atoms with Gasteiger partial charge < -0.3 is 5.32 Å². The highest BCUT2D eigenvalue weighted by molar-refractivity contribution is 5.93. The predicted molar refractivity (Wildman–Crippen MR) is 71.4 cm³/mol. The molecule has 0 spiro atoms. The Morgan fingerprint density at radius 2 is 2.05 bits per heavy atom. The largest absolute Gasteiger partial charge is 0.326 e. The SMILES string of the molecule is Cc1ccc(C#N)cc1NC(=O)C1CCC(F)(F)CC1. The van der Waals surface area contributed by atoms with Gasteiger partial charge in [-0.1, -0.05) is 6.07 Å². The standard InChI is InChI=1S/C15H16F2N2O/c1-10-2-3-11(9-18)8-13(10)19-14(20)12-4-6-15(16,17)7-5-12/h2-3,8,12H,4-7H2,1H3,(H,19,20). The van der Waals surface area contributed by atoms with Gasteiger partial charge in [0.1, 0.15) is 0 Å². The molecule has 0 saturated heterocycles. The van der Waals surface area contributed by atoms with E-state index in [2.05, 4.69) is 5.32 Å². The monoisotopic (exact) mass is 278 g/mol. The van der Waals surface area contributed by atoms with Crippen LogP contribution in [0.15, 0.2) is 18.2 Å². The number of rotatable bonds is 2. The molecule has 0 aromatic heterocycles. The Balaban J connectivity index is 2.04. The quantitative estimate of drug-likeness (QED) is 0.898. The Morgan fingerprint density at radius 3 is 2.65 bits per heavy atom. The minimum absolute atomic E-state index is 0.204. The van der Waals surface area contributed by atoms with Gasteiger partial charge in [0.25, 0.3) is 0 Å². The molecule has 0 unspecified atom stereocenters. The van der Waals surface area contributed by atoms with Gasteiger partial charge in [-0.2, -0.15) is 5.26 Å². The zero-order valence-corrected chi connectivity index (χ0v) is 11.2. The molecule has 0 radical (unpaired) electrons. The molecule has 0 heterocycles. The maximum atomic E-state index is 13.1. The molecular formula is C15H16F2N2O. The Bertz CT molecular complexity index is 553. The molecule has 1 aliphatic carbocycles. The molecule has 3 nitrogen and oxygen atoms in total. The van der Waals surface area contributed by atoms with Crippen molar-refractivity contribution in [3.8, 4) is 6.07 Å². The van der Waals surface area contributed by atoms with Gasteiger partial charge in [-0.3, -0.25) is 4.79 Å². The van der Waals surface area contributed by atoms with E-state index in [-0.39, 0.29) is 37.5 Å². The van der Waals surface area contributed by atoms with Gasteiger partial charge in [0.2, 0.25) is 11.8 Å². The molecule has 1 aromatic carbocycles. The highest BCUT2D eigenvalue weighted by Crippen LogP contribution is 2.36. The topological polar surface area (TPSA) is 52.9 Å². The van der Waals surface area contributed by atoms with E-state index in [1.54, 1.807) is 18.2 Å². The molecule has 0 aliphatic heterocycles. The third-order valence-corrected chi connectivity index (χ3v) is 3.71. The average Bonchev–Trinajstić information content (AvgIpc) is 2.41. The molecule has 5 heteroatoms. The number of carbonyl (C=O) groups excluding carboxylic acids is 1. The maximum absolute atomic E-state index is 13.1. The van der Waals surface area contributed by atoms with Gasteiger partial charge in [-0.15, -0.1) is 0 Å². The molecule has 1 aliphatic rings. The lowest BCUT2D eigenvalue weighted by molar-refractivity contribution is -0.124. The number of nitriles is 1. The van der Waals surface area contributed by atoms with Crippen molar-refractivity contribution in [1.82, 2.24) is 0 Å². The minimum Gasteiger partial charge on any atom is -0.326 e. The van der Waals surface area contributed by atoms with Crippen LogP contribution in [0, 0.1) is 24.2 Å². The van der Waals surface area contributed by atoms with E-state index >= 15 is 0 Å². The summed E-state index contributed by atoms with van der Waals surface area (Å²) in [5.41, 5.74) is 1.88. The van der Waals surface area contributed by atoms with E-state index in [0.717, 1.165) is 5.56 Å². The van der Waals surface area contributed by atoms with Crippen LogP contribution in [0.4, 0.5) is 14.5 Å². The molecule has 0 atom stereocenters. The smallest absolute Gasteiger partial charge is 0.248 e. The first kappa shape index (κ1) is 14.4. The normalized spacial score (nSPS) is 18.3. The molecule has 2 rings (SSSR count). The summed E-state index contributed by atoms with van der Waals surface area (Å²) in [6.45, 7) is 1.83. The lowest BCUT2D eigenvalue weighted by Crippen LogP contribution is -2.32. The van der Waals surface area contributed by atoms with Crippen LogP contribution in [0.5, 0.6) is 0 Å². The van der Waals surface area contributed by atoms with Gasteiger partial charge in [-0.05, 0) is 37.5 Å². The Hall–Kier alpha value is -1.96. The molecule has 106 valence electrons. The Kier molecular flexibility index (Phi) is 4.03. The molecule has 1 aromatic rings. The Labute approximate surface area is 116 Å². The first-order valence-electron chi connectivity index (χ1n) is 6.61. The third kappa shape index (κ3) is 3.32. The summed E-state index contributed by atoms with van der Waals surface area (Å²) in [4.78, 5) is 12.1. The molecule has 1 saturated carbocycles. The highest BCUT2D eigenvalue weighted by atomic mass is 19.3. The fraction of sp³-hybridized carbons (Fsp3) is 0.467. The fourth-order valence-corrected chi connectivity index (χ4v) is 2.36. The van der Waals surface area contributed by atoms with E-state index < -0.39 is 5.92 Å². The number of nitrogens with one attached hydrogen (secondary N) is 1. The molecule has 0 bridgehead atoms. The number of hydrogen-bond acceptors (Lipinski definition) is 2. The third-order valence-electron chi connectivity index (χ3n) is 3.71. The number of halogens is 2. The first-order valence-corrected chi connectivity index (χ1v) is 6.61. The number of alkyl halides is 2. The predicted octanol–water partition coefficient (Wildman–Crippen LogP) is 3.63. The zero-order valence-electron chi connectivity index (χ0n) is 11.2. The van der Waals surface area contributed by atoms with Crippen molar-refractivity contribution in [2.45, 2.75) is 38.5 Å². The highest BCUT2D eigenvalue weighted by Gasteiger charge is 2.37. The summed E-state index contributed by atoms with van der Waals surface area (Å²) in [7, 11) is 0. The van der Waals surface area contributed by atoms with Crippen LogP contribution in [0.25, 0.3) is 0 Å². The maximum Gasteiger partial charge on any atom is 0.248 e. The Morgan fingerprint density at radius 1 is 1.40 bits per heavy atom. The van der Waals surface area contributed by atoms with Gasteiger partial charge in [0, 0.05) is 24.4 Å². The van der Waals surface area contributed by atoms with E-state index in [9.17, 15) is 13.6 Å². The van der Waals surface area contributed by atoms with Crippen LogP contribution in [-0.4, -0.2) is 11.8 Å². The van der Waals surface area contributed by atoms with Crippen LogP contribution in [0.3, 0.4) is 0 Å². The van der Waals surface area contributed by atoms with Crippen LogP contribution in [-0.2, 0) is 4.79 Å². The van der Waals surface area contributed by atoms with Crippen LogP contribution < -0.4 is 5.32 Å². The number of anilines is 1. The number of benzene rings is 1. The average molecular weight is 278 g/mol. The van der Waals surface area contributed by atoms with E-state index in [0.29, 0.717) is 11.3 Å². The molecule has 20 heavy (non-hydrogen) atoms. The second kappa shape index (κ2) is 5.58. The minimum atomic E-state index is -2.63. The summed E-state index contributed by atoms with van der Waals surface area (Å²) < 4.78 is 26.1. The second-order valence-corrected chi connectivity index (χ2v) is 5.26. The molecule has 1 amide bonds. The first-order chi connectivity index (χ1) is 9.41. The second-order valence-electron chi connectivity index (χ2n) is 5.26. The van der Waals surface area contributed by atoms with Crippen LogP contribution in [0.1, 0.15) is 36.8 Å². The van der Waals surface area contributed by atoms with Crippen molar-refractivity contribution in [2.75, 3.05) is 5.32 Å². The number of aryl methyl sites for hydroxylation is 1. The summed E-state index contributed by atoms with van der Waals surface area (Å²) >= 11 is 0. The van der Waals surface area contributed by atoms with Crippen molar-refractivity contribution < 1.29 is 13.6 Å². The number of nitrogens with zero attached hydrogens (tertiary/aromatic N) is 1. The summed E-state index contributed by atoms with van der Waals surface area (Å²) in [6.07, 6.45) is -0.0593. The molecule has 1 N–H and O–H groups in total. The number of hydrogen-bond donors (Lipinski definition) is 1. The van der Waals surface area contributed by atoms with E-state index in [1.807, 2.05) is 13.0 Å². The van der Waals surface area contributed by atoms with Gasteiger partial charge in [0.05, 0.1) is 11.6 Å². The molecule has 1 fully saturated rings. The number of carbonyl (C=O) groups is 1. The fourth-order valence-electron chi connectivity index (χ4n) is 2.36. The summed E-state index contributed by atoms with van der Waals surface area (Å²) in [6, 6.07) is 7.04. The van der Waals surface area contributed by atoms with Crippen LogP contribution >= 0.6 is 0 Å². The lowest BCUT2D eigenvalue weighted by Gasteiger charge is -2.27. The van der Waals surface area contributed by atoms with E-state index in [4.69, 9.17) is 5.26 Å². The number of amides is 1. The summed E-state index contributed by atoms with van der Waals surface area (Å²) in [5, 5.41) is 11.6. The van der Waals surface area contributed by atoms with Gasteiger partial charge >= 0.3 is 0 Å². The molecular weight excluding hydrogens is 262 g/mol. The van der Waals surface area contributed by atoms with Crippen molar-refractivity contribution in [1.29, 1.82) is 5.26 Å². The van der Waals surface area contributed by atoms with E-state index in [1.165, 1.54) is 0 Å². The van der Waals surface area contributed by atoms with Crippen molar-refractivity contribution in [3.63, 3.8) is 0 Å². The van der Waals surface area contributed by atoms with Gasteiger partial charge in [0.15, 0.2) is 0 Å². The zero-order chi connectivity index (χ0) is 14.8. The van der Waals surface area contributed by atoms with Crippen LogP contribution in [0.2, 0.25) is 0 Å². The van der Waals surface area contributed by atoms with Crippen molar-refractivity contribution in [3.05, 3.63) is 29.3 Å². The van der Waals surface area contributed by atoms with Crippen molar-refractivity contribution in [2.24, 2.45) is 5.92 Å². The summed E-state index contributed by atoms with van der Waals surface area (Å²) in [5.74, 6) is -3.24. The van der Waals surface area contributed by atoms with Gasteiger partial charge in [-0.25, -0.2) is 8.78 Å². The van der Waals surface area contributed by atoms with Crippen molar-refractivity contribution >= 4 is 11.6 Å². The lowest BCUT2D eigenvalue weighted by atomic mass is 9.86.